The fraction of sp³-hybridized carbons (Fsp3) is 0.176. The fourth-order valence-electron chi connectivity index (χ4n) is 2.25. The first-order chi connectivity index (χ1) is 12.5. The summed E-state index contributed by atoms with van der Waals surface area (Å²) in [6, 6.07) is 11.6. The van der Waals surface area contributed by atoms with Crippen molar-refractivity contribution in [3.63, 3.8) is 0 Å². The maximum atomic E-state index is 14.0. The van der Waals surface area contributed by atoms with Crippen LogP contribution < -0.4 is 10.1 Å². The fourth-order valence-corrected chi connectivity index (χ4v) is 2.63. The van der Waals surface area contributed by atoms with Crippen molar-refractivity contribution in [2.24, 2.45) is 0 Å². The number of ether oxygens (including phenoxy) is 1. The maximum Gasteiger partial charge on any atom is 0.227 e. The smallest absolute Gasteiger partial charge is 0.227 e. The van der Waals surface area contributed by atoms with Crippen molar-refractivity contribution in [3.8, 4) is 11.4 Å². The van der Waals surface area contributed by atoms with Crippen molar-refractivity contribution in [1.82, 2.24) is 20.2 Å². The zero-order chi connectivity index (χ0) is 18.5. The minimum atomic E-state index is -0.489. The molecular weight excluding hydrogens is 405 g/mol. The lowest BCUT2D eigenvalue weighted by Crippen LogP contribution is -2.15. The van der Waals surface area contributed by atoms with Crippen LogP contribution in [0.3, 0.4) is 0 Å². The zero-order valence-electron chi connectivity index (χ0n) is 13.8. The van der Waals surface area contributed by atoms with Gasteiger partial charge in [0, 0.05) is 10.2 Å². The van der Waals surface area contributed by atoms with Gasteiger partial charge in [-0.1, -0.05) is 22.0 Å². The number of hydrogen-bond donors (Lipinski definition) is 1. The van der Waals surface area contributed by atoms with Gasteiger partial charge in [-0.2, -0.15) is 4.68 Å². The van der Waals surface area contributed by atoms with E-state index in [1.165, 1.54) is 22.9 Å². The number of carbonyl (C=O) groups excluding carboxylic acids is 1. The summed E-state index contributed by atoms with van der Waals surface area (Å²) >= 11 is 3.36. The molecule has 3 aromatic rings. The van der Waals surface area contributed by atoms with Crippen molar-refractivity contribution < 1.29 is 13.9 Å². The van der Waals surface area contributed by atoms with Crippen molar-refractivity contribution in [3.05, 3.63) is 58.6 Å². The third-order valence-corrected chi connectivity index (χ3v) is 3.97. The van der Waals surface area contributed by atoms with Gasteiger partial charge >= 0.3 is 0 Å². The van der Waals surface area contributed by atoms with E-state index in [2.05, 4.69) is 36.8 Å². The summed E-state index contributed by atoms with van der Waals surface area (Å²) in [7, 11) is 0. The van der Waals surface area contributed by atoms with Crippen LogP contribution in [0.1, 0.15) is 12.2 Å². The molecule has 0 aliphatic rings. The Morgan fingerprint density at radius 3 is 2.88 bits per heavy atom. The molecule has 0 aliphatic carbocycles. The van der Waals surface area contributed by atoms with Gasteiger partial charge < -0.3 is 10.1 Å². The van der Waals surface area contributed by atoms with E-state index >= 15 is 0 Å². The molecule has 26 heavy (non-hydrogen) atoms. The molecule has 3 rings (SSSR count). The molecule has 0 fully saturated rings. The minimum Gasteiger partial charge on any atom is -0.493 e. The SMILES string of the molecule is Cc1nnnn1-c1cc(NC(=O)CCOc2cccc(Br)c2)ccc1F. The van der Waals surface area contributed by atoms with Gasteiger partial charge in [0.25, 0.3) is 0 Å². The van der Waals surface area contributed by atoms with Gasteiger partial charge in [0.15, 0.2) is 5.82 Å². The van der Waals surface area contributed by atoms with Crippen LogP contribution in [0, 0.1) is 12.7 Å². The molecule has 0 unspecified atom stereocenters. The van der Waals surface area contributed by atoms with Gasteiger partial charge in [-0.15, -0.1) is 5.10 Å². The Morgan fingerprint density at radius 1 is 1.31 bits per heavy atom. The number of tetrazole rings is 1. The number of halogens is 2. The first-order valence-corrected chi connectivity index (χ1v) is 8.55. The highest BCUT2D eigenvalue weighted by atomic mass is 79.9. The van der Waals surface area contributed by atoms with Gasteiger partial charge in [-0.3, -0.25) is 4.79 Å². The molecule has 0 bridgehead atoms. The van der Waals surface area contributed by atoms with Gasteiger partial charge in [-0.05, 0) is 53.7 Å². The third kappa shape index (κ3) is 4.42. The molecule has 1 N–H and O–H groups in total. The van der Waals surface area contributed by atoms with E-state index < -0.39 is 5.82 Å². The number of amides is 1. The highest BCUT2D eigenvalue weighted by Crippen LogP contribution is 2.20. The summed E-state index contributed by atoms with van der Waals surface area (Å²) in [6.45, 7) is 1.88. The maximum absolute atomic E-state index is 14.0. The second kappa shape index (κ2) is 8.05. The van der Waals surface area contributed by atoms with Crippen LogP contribution in [-0.4, -0.2) is 32.7 Å². The lowest BCUT2D eigenvalue weighted by atomic mass is 10.2. The number of aromatic nitrogens is 4. The molecule has 2 aromatic carbocycles. The summed E-state index contributed by atoms with van der Waals surface area (Å²) in [4.78, 5) is 12.1. The Hall–Kier alpha value is -2.81. The molecule has 0 radical (unpaired) electrons. The van der Waals surface area contributed by atoms with Crippen LogP contribution in [0.5, 0.6) is 5.75 Å². The van der Waals surface area contributed by atoms with E-state index in [1.54, 1.807) is 6.92 Å². The number of rotatable bonds is 6. The van der Waals surface area contributed by atoms with Crippen LogP contribution in [0.25, 0.3) is 5.69 Å². The largest absolute Gasteiger partial charge is 0.493 e. The van der Waals surface area contributed by atoms with Crippen molar-refractivity contribution in [1.29, 1.82) is 0 Å². The van der Waals surface area contributed by atoms with E-state index in [0.29, 0.717) is 17.3 Å². The Labute approximate surface area is 157 Å². The van der Waals surface area contributed by atoms with E-state index in [0.717, 1.165) is 4.47 Å². The van der Waals surface area contributed by atoms with Crippen molar-refractivity contribution >= 4 is 27.5 Å². The quantitative estimate of drug-likeness (QED) is 0.662. The number of benzene rings is 2. The topological polar surface area (TPSA) is 81.9 Å². The lowest BCUT2D eigenvalue weighted by molar-refractivity contribution is -0.116. The van der Waals surface area contributed by atoms with E-state index in [1.807, 2.05) is 24.3 Å². The number of anilines is 1. The van der Waals surface area contributed by atoms with Crippen LogP contribution in [0.4, 0.5) is 10.1 Å². The van der Waals surface area contributed by atoms with E-state index in [4.69, 9.17) is 4.74 Å². The first kappa shape index (κ1) is 18.0. The zero-order valence-corrected chi connectivity index (χ0v) is 15.4. The van der Waals surface area contributed by atoms with E-state index in [-0.39, 0.29) is 24.6 Å². The molecule has 7 nitrogen and oxygen atoms in total. The van der Waals surface area contributed by atoms with Crippen LogP contribution in [0.2, 0.25) is 0 Å². The lowest BCUT2D eigenvalue weighted by Gasteiger charge is -2.10. The molecular formula is C17H15BrFN5O2. The minimum absolute atomic E-state index is 0.156. The summed E-state index contributed by atoms with van der Waals surface area (Å²) in [5, 5.41) is 13.7. The van der Waals surface area contributed by atoms with Crippen LogP contribution >= 0.6 is 15.9 Å². The summed E-state index contributed by atoms with van der Waals surface area (Å²) in [6.07, 6.45) is 0.156. The van der Waals surface area contributed by atoms with Crippen LogP contribution in [-0.2, 0) is 4.79 Å². The third-order valence-electron chi connectivity index (χ3n) is 3.48. The number of nitrogens with zero attached hydrogens (tertiary/aromatic N) is 4. The highest BCUT2D eigenvalue weighted by Gasteiger charge is 2.12. The summed E-state index contributed by atoms with van der Waals surface area (Å²) < 4.78 is 21.7. The second-order valence-corrected chi connectivity index (χ2v) is 6.32. The monoisotopic (exact) mass is 419 g/mol. The Morgan fingerprint density at radius 2 is 2.15 bits per heavy atom. The molecule has 0 spiro atoms. The Balaban J connectivity index is 1.60. The average Bonchev–Trinajstić information content (AvgIpc) is 3.02. The normalized spacial score (nSPS) is 10.6. The van der Waals surface area contributed by atoms with E-state index in [9.17, 15) is 9.18 Å². The van der Waals surface area contributed by atoms with Gasteiger partial charge in [0.2, 0.25) is 5.91 Å². The van der Waals surface area contributed by atoms with Crippen molar-refractivity contribution in [2.75, 3.05) is 11.9 Å². The van der Waals surface area contributed by atoms with Crippen molar-refractivity contribution in [2.45, 2.75) is 13.3 Å². The molecule has 0 atom stereocenters. The molecule has 134 valence electrons. The number of carbonyl (C=O) groups is 1. The molecule has 0 aliphatic heterocycles. The van der Waals surface area contributed by atoms with Gasteiger partial charge in [-0.25, -0.2) is 4.39 Å². The highest BCUT2D eigenvalue weighted by molar-refractivity contribution is 9.10. The first-order valence-electron chi connectivity index (χ1n) is 7.76. The second-order valence-electron chi connectivity index (χ2n) is 5.41. The van der Waals surface area contributed by atoms with Gasteiger partial charge in [0.1, 0.15) is 17.3 Å². The standard InChI is InChI=1S/C17H15BrFN5O2/c1-11-21-22-23-24(11)16-10-13(5-6-15(16)19)20-17(25)7-8-26-14-4-2-3-12(18)9-14/h2-6,9-10H,7-8H2,1H3,(H,20,25). The summed E-state index contributed by atoms with van der Waals surface area (Å²) in [5.74, 6) is 0.377. The number of nitrogens with one attached hydrogen (secondary N) is 1. The van der Waals surface area contributed by atoms with Gasteiger partial charge in [0.05, 0.1) is 13.0 Å². The molecule has 9 heteroatoms. The Bertz CT molecular complexity index is 931. The van der Waals surface area contributed by atoms with Crippen LogP contribution in [0.15, 0.2) is 46.9 Å². The molecule has 1 heterocycles. The predicted octanol–water partition coefficient (Wildman–Crippen LogP) is 3.28. The molecule has 1 amide bonds. The molecule has 1 aromatic heterocycles. The predicted molar refractivity (Wildman–Crippen MR) is 96.7 cm³/mol. The molecule has 0 saturated carbocycles. The Kier molecular flexibility index (Phi) is 5.57. The molecule has 0 saturated heterocycles. The summed E-state index contributed by atoms with van der Waals surface area (Å²) in [5.41, 5.74) is 0.611. The average molecular weight is 420 g/mol. The number of hydrogen-bond acceptors (Lipinski definition) is 5. The number of aryl methyl sites for hydroxylation is 1.